The molecule has 6 nitrogen and oxygen atoms in total. The van der Waals surface area contributed by atoms with E-state index < -0.39 is 11.9 Å². The summed E-state index contributed by atoms with van der Waals surface area (Å²) >= 11 is 0. The Morgan fingerprint density at radius 1 is 1.30 bits per heavy atom. The van der Waals surface area contributed by atoms with Crippen LogP contribution in [0.2, 0.25) is 0 Å². The zero-order chi connectivity index (χ0) is 14.7. The van der Waals surface area contributed by atoms with Gasteiger partial charge in [0.1, 0.15) is 5.92 Å². The van der Waals surface area contributed by atoms with E-state index in [1.165, 1.54) is 0 Å². The summed E-state index contributed by atoms with van der Waals surface area (Å²) in [5.41, 5.74) is 0. The smallest absolute Gasteiger partial charge is 0.311 e. The van der Waals surface area contributed by atoms with Crippen molar-refractivity contribution in [2.24, 2.45) is 17.8 Å². The number of nitrogens with one attached hydrogen (secondary N) is 1. The Kier molecular flexibility index (Phi) is 4.99. The molecule has 2 aliphatic heterocycles. The van der Waals surface area contributed by atoms with E-state index in [9.17, 15) is 14.7 Å². The second-order valence-corrected chi connectivity index (χ2v) is 5.82. The molecule has 0 spiro atoms. The van der Waals surface area contributed by atoms with Crippen molar-refractivity contribution in [3.63, 3.8) is 0 Å². The monoisotopic (exact) mass is 284 g/mol. The van der Waals surface area contributed by atoms with Crippen molar-refractivity contribution in [2.45, 2.75) is 26.3 Å². The predicted molar refractivity (Wildman–Crippen MR) is 73.3 cm³/mol. The molecular weight excluding hydrogens is 260 g/mol. The van der Waals surface area contributed by atoms with Crippen molar-refractivity contribution in [1.82, 2.24) is 10.2 Å². The Bertz CT molecular complexity index is 374. The zero-order valence-corrected chi connectivity index (χ0v) is 12.2. The maximum absolute atomic E-state index is 12.7. The van der Waals surface area contributed by atoms with Gasteiger partial charge in [-0.05, 0) is 18.9 Å². The molecule has 2 heterocycles. The fraction of sp³-hybridized carbons (Fsp3) is 0.857. The summed E-state index contributed by atoms with van der Waals surface area (Å²) in [6.45, 7) is 6.73. The number of aliphatic carboxylic acids is 1. The van der Waals surface area contributed by atoms with Gasteiger partial charge in [0.2, 0.25) is 5.91 Å². The third-order valence-corrected chi connectivity index (χ3v) is 4.35. The van der Waals surface area contributed by atoms with Crippen molar-refractivity contribution in [2.75, 3.05) is 32.8 Å². The van der Waals surface area contributed by atoms with Gasteiger partial charge < -0.3 is 20.1 Å². The highest BCUT2D eigenvalue weighted by Gasteiger charge is 2.42. The second kappa shape index (κ2) is 6.54. The minimum Gasteiger partial charge on any atom is -0.481 e. The van der Waals surface area contributed by atoms with Gasteiger partial charge in [-0.2, -0.15) is 0 Å². The maximum Gasteiger partial charge on any atom is 0.311 e. The lowest BCUT2D eigenvalue weighted by Gasteiger charge is -2.33. The first-order valence-electron chi connectivity index (χ1n) is 7.38. The number of amides is 1. The van der Waals surface area contributed by atoms with E-state index in [1.54, 1.807) is 4.90 Å². The molecule has 0 saturated carbocycles. The molecule has 2 fully saturated rings. The van der Waals surface area contributed by atoms with Gasteiger partial charge in [-0.25, -0.2) is 0 Å². The van der Waals surface area contributed by atoms with Crippen LogP contribution in [0.1, 0.15) is 20.3 Å². The fourth-order valence-corrected chi connectivity index (χ4v) is 3.12. The molecule has 6 heteroatoms. The van der Waals surface area contributed by atoms with Gasteiger partial charge >= 0.3 is 5.97 Å². The largest absolute Gasteiger partial charge is 0.481 e. The highest BCUT2D eigenvalue weighted by atomic mass is 16.5. The van der Waals surface area contributed by atoms with Gasteiger partial charge in [-0.1, -0.05) is 13.8 Å². The molecule has 2 saturated heterocycles. The first-order valence-corrected chi connectivity index (χ1v) is 7.38. The minimum atomic E-state index is -0.876. The van der Waals surface area contributed by atoms with E-state index in [0.29, 0.717) is 25.6 Å². The lowest BCUT2D eigenvalue weighted by atomic mass is 9.94. The van der Waals surface area contributed by atoms with Gasteiger partial charge in [0.25, 0.3) is 0 Å². The maximum atomic E-state index is 12.7. The van der Waals surface area contributed by atoms with Crippen molar-refractivity contribution in [3.05, 3.63) is 0 Å². The van der Waals surface area contributed by atoms with E-state index in [0.717, 1.165) is 13.0 Å². The highest BCUT2D eigenvalue weighted by molar-refractivity contribution is 5.81. The molecular formula is C14H24N2O4. The van der Waals surface area contributed by atoms with E-state index >= 15 is 0 Å². The normalized spacial score (nSPS) is 33.3. The summed E-state index contributed by atoms with van der Waals surface area (Å²) in [4.78, 5) is 25.8. The van der Waals surface area contributed by atoms with Gasteiger partial charge in [0, 0.05) is 13.1 Å². The van der Waals surface area contributed by atoms with Gasteiger partial charge in [0.05, 0.1) is 25.2 Å². The van der Waals surface area contributed by atoms with E-state index in [4.69, 9.17) is 4.74 Å². The molecule has 4 atom stereocenters. The van der Waals surface area contributed by atoms with Crippen LogP contribution in [-0.4, -0.2) is 60.8 Å². The number of hydrogen-bond donors (Lipinski definition) is 2. The Labute approximate surface area is 119 Å². The molecule has 1 amide bonds. The summed E-state index contributed by atoms with van der Waals surface area (Å²) in [5, 5.41) is 12.5. The summed E-state index contributed by atoms with van der Waals surface area (Å²) < 4.78 is 5.31. The average Bonchev–Trinajstić information content (AvgIpc) is 3.03. The molecule has 4 unspecified atom stereocenters. The first-order chi connectivity index (χ1) is 9.56. The van der Waals surface area contributed by atoms with Crippen LogP contribution in [0.3, 0.4) is 0 Å². The van der Waals surface area contributed by atoms with E-state index in [1.807, 2.05) is 6.92 Å². The van der Waals surface area contributed by atoms with Crippen LogP contribution in [-0.2, 0) is 14.3 Å². The third kappa shape index (κ3) is 2.96. The first kappa shape index (κ1) is 15.3. The van der Waals surface area contributed by atoms with E-state index in [2.05, 4.69) is 12.2 Å². The van der Waals surface area contributed by atoms with Crippen LogP contribution in [0.5, 0.6) is 0 Å². The molecule has 20 heavy (non-hydrogen) atoms. The molecule has 0 aliphatic carbocycles. The molecule has 0 bridgehead atoms. The van der Waals surface area contributed by atoms with E-state index in [-0.39, 0.29) is 24.5 Å². The summed E-state index contributed by atoms with van der Waals surface area (Å²) in [5.74, 6) is -1.15. The standard InChI is InChI=1S/C14H24N2O4/c1-3-4-16(12-8-20-7-11(12)14(18)19)13(17)10-6-15-5-9(10)2/h9-12,15H,3-8H2,1-2H3,(H,18,19). The topological polar surface area (TPSA) is 78.9 Å². The predicted octanol–water partition coefficient (Wildman–Crippen LogP) is 0.180. The number of carbonyl (C=O) groups excluding carboxylic acids is 1. The van der Waals surface area contributed by atoms with Crippen molar-refractivity contribution in [3.8, 4) is 0 Å². The number of carboxylic acid groups (broad SMARTS) is 1. The lowest BCUT2D eigenvalue weighted by Crippen LogP contribution is -2.50. The van der Waals surface area contributed by atoms with Crippen LogP contribution < -0.4 is 5.32 Å². The second-order valence-electron chi connectivity index (χ2n) is 5.82. The number of ether oxygens (including phenoxy) is 1. The highest BCUT2D eigenvalue weighted by Crippen LogP contribution is 2.25. The van der Waals surface area contributed by atoms with Crippen LogP contribution >= 0.6 is 0 Å². The Balaban J connectivity index is 2.13. The lowest BCUT2D eigenvalue weighted by molar-refractivity contribution is -0.146. The van der Waals surface area contributed by atoms with Crippen molar-refractivity contribution in [1.29, 1.82) is 0 Å². The quantitative estimate of drug-likeness (QED) is 0.753. The molecule has 2 rings (SSSR count). The molecule has 0 aromatic carbocycles. The van der Waals surface area contributed by atoms with Crippen molar-refractivity contribution >= 4 is 11.9 Å². The van der Waals surface area contributed by atoms with Gasteiger partial charge in [0.15, 0.2) is 0 Å². The SMILES string of the molecule is CCCN(C(=O)C1CNCC1C)C1COCC1C(=O)O. The zero-order valence-electron chi connectivity index (χ0n) is 12.2. The number of carboxylic acids is 1. The Morgan fingerprint density at radius 2 is 2.05 bits per heavy atom. The van der Waals surface area contributed by atoms with Gasteiger partial charge in [-0.3, -0.25) is 9.59 Å². The van der Waals surface area contributed by atoms with Crippen LogP contribution in [0.4, 0.5) is 0 Å². The molecule has 114 valence electrons. The Morgan fingerprint density at radius 3 is 2.60 bits per heavy atom. The number of nitrogens with zero attached hydrogens (tertiary/aromatic N) is 1. The van der Waals surface area contributed by atoms with Crippen LogP contribution in [0.15, 0.2) is 0 Å². The van der Waals surface area contributed by atoms with Gasteiger partial charge in [-0.15, -0.1) is 0 Å². The molecule has 0 aromatic rings. The van der Waals surface area contributed by atoms with Crippen molar-refractivity contribution < 1.29 is 19.4 Å². The summed E-state index contributed by atoms with van der Waals surface area (Å²) in [6.07, 6.45) is 0.823. The average molecular weight is 284 g/mol. The molecule has 0 radical (unpaired) electrons. The number of carbonyl (C=O) groups is 2. The molecule has 2 N–H and O–H groups in total. The molecule has 2 aliphatic rings. The summed E-state index contributed by atoms with van der Waals surface area (Å²) in [6, 6.07) is -0.326. The summed E-state index contributed by atoms with van der Waals surface area (Å²) in [7, 11) is 0. The Hall–Kier alpha value is -1.14. The fourth-order valence-electron chi connectivity index (χ4n) is 3.12. The minimum absolute atomic E-state index is 0.0448. The van der Waals surface area contributed by atoms with Crippen LogP contribution in [0, 0.1) is 17.8 Å². The number of hydrogen-bond acceptors (Lipinski definition) is 4. The third-order valence-electron chi connectivity index (χ3n) is 4.35. The molecule has 0 aromatic heterocycles. The number of rotatable bonds is 5. The van der Waals surface area contributed by atoms with Crippen LogP contribution in [0.25, 0.3) is 0 Å².